The van der Waals surface area contributed by atoms with Crippen LogP contribution in [0.25, 0.3) is 16.7 Å². The highest BCUT2D eigenvalue weighted by atomic mass is 35.5. The van der Waals surface area contributed by atoms with Gasteiger partial charge in [-0.2, -0.15) is 0 Å². The number of allylic oxidation sites excluding steroid dienone is 1. The van der Waals surface area contributed by atoms with Crippen molar-refractivity contribution in [2.75, 3.05) is 0 Å². The molecule has 0 atom stereocenters. The van der Waals surface area contributed by atoms with Crippen LogP contribution in [0.3, 0.4) is 0 Å². The fraction of sp³-hybridized carbons (Fsp3) is 0.211. The molecule has 0 aliphatic carbocycles. The minimum Gasteiger partial charge on any atom is -0.104 e. The first-order valence-electron chi connectivity index (χ1n) is 6.74. The van der Waals surface area contributed by atoms with Gasteiger partial charge in [0, 0.05) is 11.1 Å². The van der Waals surface area contributed by atoms with Gasteiger partial charge >= 0.3 is 0 Å². The summed E-state index contributed by atoms with van der Waals surface area (Å²) in [7, 11) is 0. The van der Waals surface area contributed by atoms with Crippen LogP contribution in [0.5, 0.6) is 0 Å². The van der Waals surface area contributed by atoms with Gasteiger partial charge in [-0.25, -0.2) is 0 Å². The first-order valence-corrected chi connectivity index (χ1v) is 7.18. The second-order valence-corrected chi connectivity index (χ2v) is 6.04. The zero-order valence-corrected chi connectivity index (χ0v) is 12.9. The molecule has 1 heteroatoms. The summed E-state index contributed by atoms with van der Waals surface area (Å²) in [5.74, 6) is 0. The molecule has 0 fully saturated rings. The molecule has 2 aromatic carbocycles. The molecule has 0 radical (unpaired) electrons. The van der Waals surface area contributed by atoms with Crippen LogP contribution in [0, 0.1) is 5.41 Å². The maximum absolute atomic E-state index is 5.72. The van der Waals surface area contributed by atoms with E-state index in [2.05, 4.69) is 75.0 Å². The van der Waals surface area contributed by atoms with Crippen molar-refractivity contribution in [1.29, 1.82) is 0 Å². The lowest BCUT2D eigenvalue weighted by Gasteiger charge is -2.21. The molecule has 20 heavy (non-hydrogen) atoms. The van der Waals surface area contributed by atoms with Gasteiger partial charge in [0.05, 0.1) is 0 Å². The summed E-state index contributed by atoms with van der Waals surface area (Å²) in [4.78, 5) is 0. The lowest BCUT2D eigenvalue weighted by molar-refractivity contribution is 0.567. The molecule has 0 nitrogen and oxygen atoms in total. The van der Waals surface area contributed by atoms with Crippen LogP contribution < -0.4 is 0 Å². The van der Waals surface area contributed by atoms with Crippen molar-refractivity contribution in [2.45, 2.75) is 20.8 Å². The summed E-state index contributed by atoms with van der Waals surface area (Å²) in [6.45, 7) is 6.50. The third-order valence-electron chi connectivity index (χ3n) is 3.23. The quantitative estimate of drug-likeness (QED) is 0.581. The van der Waals surface area contributed by atoms with Gasteiger partial charge in [-0.3, -0.25) is 0 Å². The van der Waals surface area contributed by atoms with Gasteiger partial charge in [0.1, 0.15) is 0 Å². The molecule has 0 aliphatic rings. The van der Waals surface area contributed by atoms with E-state index in [0.29, 0.717) is 0 Å². The molecule has 0 N–H and O–H groups in total. The predicted molar refractivity (Wildman–Crippen MR) is 88.7 cm³/mol. The van der Waals surface area contributed by atoms with E-state index in [4.69, 9.17) is 11.6 Å². The summed E-state index contributed by atoms with van der Waals surface area (Å²) in [6, 6.07) is 18.9. The molecule has 0 saturated heterocycles. The Balaban J connectivity index is 2.40. The minimum atomic E-state index is 0.0135. The van der Waals surface area contributed by atoms with Gasteiger partial charge in [0.2, 0.25) is 0 Å². The normalized spacial score (nSPS) is 10.8. The molecule has 0 amide bonds. The highest BCUT2D eigenvalue weighted by molar-refractivity contribution is 6.25. The first kappa shape index (κ1) is 14.7. The average molecular weight is 283 g/mol. The van der Waals surface area contributed by atoms with E-state index < -0.39 is 0 Å². The fourth-order valence-corrected chi connectivity index (χ4v) is 2.36. The molecule has 0 bridgehead atoms. The monoisotopic (exact) mass is 282 g/mol. The molecule has 2 aromatic rings. The Kier molecular flexibility index (Phi) is 4.49. The van der Waals surface area contributed by atoms with E-state index in [1.807, 2.05) is 6.07 Å². The molecule has 0 heterocycles. The first-order chi connectivity index (χ1) is 9.52. The van der Waals surface area contributed by atoms with E-state index in [1.165, 1.54) is 16.7 Å². The van der Waals surface area contributed by atoms with Crippen molar-refractivity contribution in [3.8, 4) is 11.1 Å². The largest absolute Gasteiger partial charge is 0.104 e. The molecule has 0 aromatic heterocycles. The van der Waals surface area contributed by atoms with Gasteiger partial charge in [0.15, 0.2) is 0 Å². The Morgan fingerprint density at radius 2 is 1.45 bits per heavy atom. The van der Waals surface area contributed by atoms with Crippen LogP contribution in [-0.2, 0) is 0 Å². The Morgan fingerprint density at radius 3 is 1.95 bits per heavy atom. The minimum absolute atomic E-state index is 0.0135. The highest BCUT2D eigenvalue weighted by Gasteiger charge is 2.18. The number of benzene rings is 2. The zero-order valence-electron chi connectivity index (χ0n) is 12.2. The maximum Gasteiger partial charge on any atom is 0.0465 e. The lowest BCUT2D eigenvalue weighted by Crippen LogP contribution is -2.07. The number of hydrogen-bond donors (Lipinski definition) is 0. The number of halogens is 1. The molecular weight excluding hydrogens is 264 g/mol. The molecule has 0 unspecified atom stereocenters. The lowest BCUT2D eigenvalue weighted by atomic mass is 9.82. The van der Waals surface area contributed by atoms with Crippen LogP contribution in [0.2, 0.25) is 0 Å². The Morgan fingerprint density at radius 1 is 0.900 bits per heavy atom. The molecule has 102 valence electrons. The maximum atomic E-state index is 5.72. The van der Waals surface area contributed by atoms with Crippen LogP contribution in [0.1, 0.15) is 26.3 Å². The summed E-state index contributed by atoms with van der Waals surface area (Å²) in [6.07, 6.45) is 0. The number of rotatable bonds is 2. The van der Waals surface area contributed by atoms with E-state index in [0.717, 1.165) is 11.1 Å². The Labute approximate surface area is 126 Å². The molecule has 0 saturated carbocycles. The van der Waals surface area contributed by atoms with Crippen molar-refractivity contribution >= 4 is 17.2 Å². The van der Waals surface area contributed by atoms with E-state index in [-0.39, 0.29) is 5.41 Å². The summed E-state index contributed by atoms with van der Waals surface area (Å²) < 4.78 is 0. The van der Waals surface area contributed by atoms with Gasteiger partial charge < -0.3 is 0 Å². The topological polar surface area (TPSA) is 0 Å². The summed E-state index contributed by atoms with van der Waals surface area (Å²) in [5.41, 5.74) is 9.36. The van der Waals surface area contributed by atoms with Gasteiger partial charge in [0.25, 0.3) is 0 Å². The molecular formula is C19H19Cl. The second kappa shape index (κ2) is 6.13. The van der Waals surface area contributed by atoms with Crippen LogP contribution in [-0.4, -0.2) is 0 Å². The van der Waals surface area contributed by atoms with Crippen LogP contribution >= 0.6 is 11.6 Å². The third kappa shape index (κ3) is 3.42. The Bertz CT molecular complexity index is 622. The van der Waals surface area contributed by atoms with E-state index in [1.54, 1.807) is 0 Å². The molecule has 0 aliphatic heterocycles. The highest BCUT2D eigenvalue weighted by Crippen LogP contribution is 2.34. The Hall–Kier alpha value is -1.75. The smallest absolute Gasteiger partial charge is 0.0465 e. The SMILES string of the molecule is CC(C)(C)C(=C=CCl)c1ccc(-c2ccccc2)cc1. The third-order valence-corrected chi connectivity index (χ3v) is 3.34. The predicted octanol–water partition coefficient (Wildman–Crippen LogP) is 6.13. The van der Waals surface area contributed by atoms with E-state index in [9.17, 15) is 0 Å². The second-order valence-electron chi connectivity index (χ2n) is 5.82. The zero-order chi connectivity index (χ0) is 14.6. The van der Waals surface area contributed by atoms with Gasteiger partial charge in [-0.05, 0) is 22.1 Å². The van der Waals surface area contributed by atoms with Gasteiger partial charge in [-0.15, -0.1) is 5.73 Å². The van der Waals surface area contributed by atoms with Crippen molar-refractivity contribution in [3.63, 3.8) is 0 Å². The van der Waals surface area contributed by atoms with Gasteiger partial charge in [-0.1, -0.05) is 87.0 Å². The summed E-state index contributed by atoms with van der Waals surface area (Å²) in [5, 5.41) is 0. The van der Waals surface area contributed by atoms with Crippen molar-refractivity contribution in [3.05, 3.63) is 71.4 Å². The molecule has 0 spiro atoms. The fourth-order valence-electron chi connectivity index (χ4n) is 2.25. The average Bonchev–Trinajstić information content (AvgIpc) is 2.45. The van der Waals surface area contributed by atoms with E-state index >= 15 is 0 Å². The van der Waals surface area contributed by atoms with Crippen LogP contribution in [0.15, 0.2) is 65.9 Å². The summed E-state index contributed by atoms with van der Waals surface area (Å²) >= 11 is 5.72. The number of hydrogen-bond acceptors (Lipinski definition) is 0. The van der Waals surface area contributed by atoms with Crippen LogP contribution in [0.4, 0.5) is 0 Å². The molecule has 2 rings (SSSR count). The van der Waals surface area contributed by atoms with Crippen molar-refractivity contribution in [1.82, 2.24) is 0 Å². The van der Waals surface area contributed by atoms with Crippen molar-refractivity contribution < 1.29 is 0 Å². The van der Waals surface area contributed by atoms with Crippen molar-refractivity contribution in [2.24, 2.45) is 5.41 Å². The standard InChI is InChI=1S/C19H19Cl/c1-19(2,3)18(13-14-20)17-11-9-16(10-12-17)15-7-5-4-6-8-15/h4-12,14H,1-3H3.